The van der Waals surface area contributed by atoms with Gasteiger partial charge in [0.2, 0.25) is 10.0 Å². The van der Waals surface area contributed by atoms with Gasteiger partial charge in [-0.2, -0.15) is 0 Å². The zero-order valence-electron chi connectivity index (χ0n) is 13.6. The van der Waals surface area contributed by atoms with Gasteiger partial charge in [0, 0.05) is 12.1 Å². The summed E-state index contributed by atoms with van der Waals surface area (Å²) >= 11 is 0. The van der Waals surface area contributed by atoms with Crippen molar-refractivity contribution in [1.29, 1.82) is 0 Å². The van der Waals surface area contributed by atoms with E-state index in [9.17, 15) is 13.2 Å². The first-order valence-corrected chi connectivity index (χ1v) is 9.21. The largest absolute Gasteiger partial charge is 0.497 e. The Hall–Kier alpha value is -2.54. The lowest BCUT2D eigenvalue weighted by Crippen LogP contribution is -2.38. The van der Waals surface area contributed by atoms with E-state index in [0.717, 1.165) is 6.26 Å². The quantitative estimate of drug-likeness (QED) is 0.829. The minimum Gasteiger partial charge on any atom is -0.497 e. The molecule has 0 spiro atoms. The highest BCUT2D eigenvalue weighted by Gasteiger charge is 2.17. The highest BCUT2D eigenvalue weighted by atomic mass is 32.2. The molecule has 0 aliphatic carbocycles. The minimum atomic E-state index is -3.43. The number of ether oxygens (including phenoxy) is 1. The number of hydrogen-bond donors (Lipinski definition) is 1. The normalized spacial score (nSPS) is 10.9. The molecule has 7 heteroatoms. The van der Waals surface area contributed by atoms with Gasteiger partial charge >= 0.3 is 0 Å². The topological polar surface area (TPSA) is 75.7 Å². The van der Waals surface area contributed by atoms with Crippen LogP contribution >= 0.6 is 0 Å². The molecule has 2 aromatic rings. The number of rotatable bonds is 7. The Labute approximate surface area is 142 Å². The van der Waals surface area contributed by atoms with E-state index in [1.54, 1.807) is 48.5 Å². The van der Waals surface area contributed by atoms with Gasteiger partial charge in [-0.3, -0.25) is 9.10 Å². The molecule has 2 rings (SSSR count). The Morgan fingerprint density at radius 1 is 1.12 bits per heavy atom. The first-order chi connectivity index (χ1) is 11.4. The molecule has 128 valence electrons. The van der Waals surface area contributed by atoms with E-state index in [0.29, 0.717) is 17.0 Å². The van der Waals surface area contributed by atoms with Crippen LogP contribution in [0.5, 0.6) is 5.75 Å². The average Bonchev–Trinajstić information content (AvgIpc) is 2.58. The smallest absolute Gasteiger partial charge is 0.251 e. The molecule has 0 unspecified atom stereocenters. The third-order valence-electron chi connectivity index (χ3n) is 3.38. The number of carbonyl (C=O) groups is 1. The van der Waals surface area contributed by atoms with Crippen LogP contribution in [0.1, 0.15) is 10.4 Å². The van der Waals surface area contributed by atoms with Crippen molar-refractivity contribution in [2.24, 2.45) is 0 Å². The summed E-state index contributed by atoms with van der Waals surface area (Å²) in [5.74, 6) is 0.306. The van der Waals surface area contributed by atoms with Gasteiger partial charge in [0.25, 0.3) is 5.91 Å². The lowest BCUT2D eigenvalue weighted by Gasteiger charge is -2.22. The van der Waals surface area contributed by atoms with Gasteiger partial charge in [-0.05, 0) is 30.3 Å². The average molecular weight is 348 g/mol. The predicted octanol–water partition coefficient (Wildman–Crippen LogP) is 1.89. The van der Waals surface area contributed by atoms with Crippen LogP contribution < -0.4 is 14.4 Å². The van der Waals surface area contributed by atoms with Crippen molar-refractivity contribution in [3.8, 4) is 5.75 Å². The summed E-state index contributed by atoms with van der Waals surface area (Å²) in [7, 11) is -1.90. The molecule has 0 aliphatic heterocycles. The first kappa shape index (κ1) is 17.8. The fraction of sp³-hybridized carbons (Fsp3) is 0.235. The number of hydrogen-bond acceptors (Lipinski definition) is 4. The molecule has 0 aliphatic rings. The zero-order valence-corrected chi connectivity index (χ0v) is 14.4. The fourth-order valence-corrected chi connectivity index (χ4v) is 3.15. The SMILES string of the molecule is COc1cccc(C(=O)NCCN(c2ccccc2)S(C)(=O)=O)c1. The molecule has 2 aromatic carbocycles. The van der Waals surface area contributed by atoms with E-state index in [4.69, 9.17) is 4.74 Å². The van der Waals surface area contributed by atoms with Crippen molar-refractivity contribution < 1.29 is 17.9 Å². The molecule has 0 saturated carbocycles. The first-order valence-electron chi connectivity index (χ1n) is 7.37. The van der Waals surface area contributed by atoms with Crippen molar-refractivity contribution in [2.75, 3.05) is 30.8 Å². The number of anilines is 1. The lowest BCUT2D eigenvalue weighted by atomic mass is 10.2. The predicted molar refractivity (Wildman–Crippen MR) is 94.0 cm³/mol. The third-order valence-corrected chi connectivity index (χ3v) is 4.57. The maximum absolute atomic E-state index is 12.1. The Bertz CT molecular complexity index is 791. The second-order valence-corrected chi connectivity index (χ2v) is 7.07. The van der Waals surface area contributed by atoms with Crippen LogP contribution in [0.3, 0.4) is 0 Å². The number of benzene rings is 2. The summed E-state index contributed by atoms with van der Waals surface area (Å²) in [6.07, 6.45) is 1.14. The van der Waals surface area contributed by atoms with E-state index < -0.39 is 10.0 Å². The highest BCUT2D eigenvalue weighted by molar-refractivity contribution is 7.92. The molecule has 1 N–H and O–H groups in total. The molecular formula is C17H20N2O4S. The Balaban J connectivity index is 2.01. The van der Waals surface area contributed by atoms with Crippen molar-refractivity contribution in [2.45, 2.75) is 0 Å². The summed E-state index contributed by atoms with van der Waals surface area (Å²) in [6.45, 7) is 0.344. The summed E-state index contributed by atoms with van der Waals surface area (Å²) in [5, 5.41) is 2.72. The van der Waals surface area contributed by atoms with Crippen LogP contribution in [-0.4, -0.2) is 40.8 Å². The molecule has 0 bridgehead atoms. The molecular weight excluding hydrogens is 328 g/mol. The number of sulfonamides is 1. The van der Waals surface area contributed by atoms with Gasteiger partial charge in [-0.15, -0.1) is 0 Å². The van der Waals surface area contributed by atoms with Gasteiger partial charge in [0.1, 0.15) is 5.75 Å². The maximum atomic E-state index is 12.1. The molecule has 0 heterocycles. The van der Waals surface area contributed by atoms with Crippen LogP contribution in [0.4, 0.5) is 5.69 Å². The number of amides is 1. The fourth-order valence-electron chi connectivity index (χ4n) is 2.22. The second-order valence-electron chi connectivity index (χ2n) is 5.16. The van der Waals surface area contributed by atoms with Gasteiger partial charge in [-0.25, -0.2) is 8.42 Å². The zero-order chi connectivity index (χ0) is 17.6. The molecule has 24 heavy (non-hydrogen) atoms. The van der Waals surface area contributed by atoms with Gasteiger partial charge < -0.3 is 10.1 Å². The van der Waals surface area contributed by atoms with Crippen LogP contribution in [0.15, 0.2) is 54.6 Å². The molecule has 1 amide bonds. The van der Waals surface area contributed by atoms with Crippen molar-refractivity contribution in [3.05, 3.63) is 60.2 Å². The van der Waals surface area contributed by atoms with E-state index in [1.165, 1.54) is 11.4 Å². The molecule has 0 saturated heterocycles. The highest BCUT2D eigenvalue weighted by Crippen LogP contribution is 2.16. The summed E-state index contributed by atoms with van der Waals surface area (Å²) < 4.78 is 30.3. The maximum Gasteiger partial charge on any atom is 0.251 e. The number of para-hydroxylation sites is 1. The van der Waals surface area contributed by atoms with Crippen molar-refractivity contribution >= 4 is 21.6 Å². The third kappa shape index (κ3) is 4.73. The van der Waals surface area contributed by atoms with Crippen LogP contribution in [0.25, 0.3) is 0 Å². The Morgan fingerprint density at radius 2 is 1.83 bits per heavy atom. The number of carbonyl (C=O) groups excluding carboxylic acids is 1. The summed E-state index contributed by atoms with van der Waals surface area (Å²) in [6, 6.07) is 15.5. The van der Waals surface area contributed by atoms with E-state index >= 15 is 0 Å². The Kier molecular flexibility index (Phi) is 5.81. The van der Waals surface area contributed by atoms with Crippen LogP contribution in [0, 0.1) is 0 Å². The van der Waals surface area contributed by atoms with Gasteiger partial charge in [0.05, 0.1) is 25.6 Å². The van der Waals surface area contributed by atoms with E-state index in [2.05, 4.69) is 5.32 Å². The summed E-state index contributed by atoms with van der Waals surface area (Å²) in [4.78, 5) is 12.1. The van der Waals surface area contributed by atoms with Gasteiger partial charge in [0.15, 0.2) is 0 Å². The molecule has 0 radical (unpaired) electrons. The van der Waals surface area contributed by atoms with Crippen LogP contribution in [0.2, 0.25) is 0 Å². The van der Waals surface area contributed by atoms with E-state index in [-0.39, 0.29) is 19.0 Å². The van der Waals surface area contributed by atoms with Crippen molar-refractivity contribution in [3.63, 3.8) is 0 Å². The van der Waals surface area contributed by atoms with Gasteiger partial charge in [-0.1, -0.05) is 24.3 Å². The van der Waals surface area contributed by atoms with E-state index in [1.807, 2.05) is 6.07 Å². The second kappa shape index (κ2) is 7.83. The molecule has 6 nitrogen and oxygen atoms in total. The monoisotopic (exact) mass is 348 g/mol. The molecule has 0 atom stereocenters. The summed E-state index contributed by atoms with van der Waals surface area (Å²) in [5.41, 5.74) is 1.02. The Morgan fingerprint density at radius 3 is 2.46 bits per heavy atom. The number of nitrogens with one attached hydrogen (secondary N) is 1. The number of methoxy groups -OCH3 is 1. The molecule has 0 aromatic heterocycles. The minimum absolute atomic E-state index is 0.151. The van der Waals surface area contributed by atoms with Crippen molar-refractivity contribution in [1.82, 2.24) is 5.32 Å². The molecule has 0 fully saturated rings. The lowest BCUT2D eigenvalue weighted by molar-refractivity contribution is 0.0954. The van der Waals surface area contributed by atoms with Crippen LogP contribution in [-0.2, 0) is 10.0 Å². The standard InChI is InChI=1S/C17H20N2O4S/c1-23-16-10-6-7-14(13-16)17(20)18-11-12-19(24(2,21)22)15-8-4-3-5-9-15/h3-10,13H,11-12H2,1-2H3,(H,18,20). The number of nitrogens with zero attached hydrogens (tertiary/aromatic N) is 1.